The maximum Gasteiger partial charge on any atom is 0.269 e. The number of non-ortho nitro benzene ring substituents is 1. The second-order valence-electron chi connectivity index (χ2n) is 6.91. The van der Waals surface area contributed by atoms with Gasteiger partial charge in [0.25, 0.3) is 5.69 Å². The van der Waals surface area contributed by atoms with E-state index in [2.05, 4.69) is 40.7 Å². The summed E-state index contributed by atoms with van der Waals surface area (Å²) in [6.07, 6.45) is 0. The summed E-state index contributed by atoms with van der Waals surface area (Å²) in [6, 6.07) is 11.3. The monoisotopic (exact) mass is 483 g/mol. The molecule has 1 heterocycles. The third-order valence-corrected chi connectivity index (χ3v) is 4.75. The molecule has 3 aromatic rings. The number of rotatable bonds is 9. The lowest BCUT2D eigenvalue weighted by Gasteiger charge is -2.22. The number of halogens is 1. The summed E-state index contributed by atoms with van der Waals surface area (Å²) < 4.78 is 0. The first-order valence-corrected chi connectivity index (χ1v) is 10.7. The zero-order chi connectivity index (χ0) is 24.7. The average molecular weight is 484 g/mol. The molecule has 0 spiro atoms. The highest BCUT2D eigenvalue weighted by Gasteiger charge is 2.12. The SMILES string of the molecule is CCN(CC)c1ccc(N=Nc2ccc([N+](=O)[O-])cc2)c(Nc2nc(Cl)nc(NC(C)=O)n2)c1. The summed E-state index contributed by atoms with van der Waals surface area (Å²) in [4.78, 5) is 36.0. The number of benzene rings is 2. The quantitative estimate of drug-likeness (QED) is 0.233. The van der Waals surface area contributed by atoms with Crippen molar-refractivity contribution in [3.63, 3.8) is 0 Å². The van der Waals surface area contributed by atoms with Gasteiger partial charge < -0.3 is 10.2 Å². The molecule has 0 aliphatic heterocycles. The minimum atomic E-state index is -0.482. The van der Waals surface area contributed by atoms with E-state index in [9.17, 15) is 14.9 Å². The normalized spacial score (nSPS) is 10.8. The summed E-state index contributed by atoms with van der Waals surface area (Å²) in [6.45, 7) is 7.01. The Morgan fingerprint density at radius 3 is 2.35 bits per heavy atom. The van der Waals surface area contributed by atoms with Crippen LogP contribution in [0.15, 0.2) is 52.7 Å². The number of nitro benzene ring substituents is 1. The van der Waals surface area contributed by atoms with Crippen molar-refractivity contribution in [3.8, 4) is 0 Å². The molecule has 0 fully saturated rings. The molecule has 0 aliphatic carbocycles. The van der Waals surface area contributed by atoms with Crippen LogP contribution in [-0.2, 0) is 4.79 Å². The number of nitrogens with one attached hydrogen (secondary N) is 2. The van der Waals surface area contributed by atoms with E-state index in [4.69, 9.17) is 11.6 Å². The van der Waals surface area contributed by atoms with E-state index in [-0.39, 0.29) is 28.8 Å². The van der Waals surface area contributed by atoms with Crippen molar-refractivity contribution in [2.45, 2.75) is 20.8 Å². The van der Waals surface area contributed by atoms with Gasteiger partial charge in [0.1, 0.15) is 5.69 Å². The van der Waals surface area contributed by atoms with Crippen molar-refractivity contribution in [2.75, 3.05) is 28.6 Å². The Hall–Kier alpha value is -4.19. The molecule has 34 heavy (non-hydrogen) atoms. The fourth-order valence-corrected chi connectivity index (χ4v) is 3.15. The van der Waals surface area contributed by atoms with E-state index in [1.54, 1.807) is 6.07 Å². The minimum Gasteiger partial charge on any atom is -0.372 e. The fraction of sp³-hybridized carbons (Fsp3) is 0.238. The number of nitro groups is 1. The maximum absolute atomic E-state index is 11.4. The summed E-state index contributed by atoms with van der Waals surface area (Å²) in [5.41, 5.74) is 2.34. The van der Waals surface area contributed by atoms with Crippen LogP contribution in [0, 0.1) is 10.1 Å². The number of azo groups is 1. The molecular weight excluding hydrogens is 462 g/mol. The van der Waals surface area contributed by atoms with Crippen molar-refractivity contribution >= 4 is 57.8 Å². The first-order chi connectivity index (χ1) is 16.3. The Balaban J connectivity index is 1.97. The fourth-order valence-electron chi connectivity index (χ4n) is 2.99. The molecule has 0 unspecified atom stereocenters. The number of hydrogen-bond acceptors (Lipinski definition) is 10. The predicted molar refractivity (Wildman–Crippen MR) is 130 cm³/mol. The van der Waals surface area contributed by atoms with Gasteiger partial charge in [-0.15, -0.1) is 5.11 Å². The highest BCUT2D eigenvalue weighted by atomic mass is 35.5. The van der Waals surface area contributed by atoms with Gasteiger partial charge in [-0.05, 0) is 55.8 Å². The third kappa shape index (κ3) is 6.42. The number of anilines is 4. The van der Waals surface area contributed by atoms with Crippen LogP contribution >= 0.6 is 11.6 Å². The number of carbonyl (C=O) groups excluding carboxylic acids is 1. The summed E-state index contributed by atoms with van der Waals surface area (Å²) in [5, 5.41) is 24.7. The molecule has 0 bridgehead atoms. The number of carbonyl (C=O) groups is 1. The third-order valence-electron chi connectivity index (χ3n) is 4.58. The van der Waals surface area contributed by atoms with Gasteiger partial charge in [-0.1, -0.05) is 0 Å². The van der Waals surface area contributed by atoms with Gasteiger partial charge in [-0.3, -0.25) is 20.2 Å². The standard InChI is InChI=1S/C21H22ClN9O3/c1-4-30(5-2)16-10-11-17(29-28-14-6-8-15(9-7-14)31(33)34)18(12-16)24-21-26-19(22)25-20(27-21)23-13(3)32/h6-12H,4-5H2,1-3H3,(H2,23,24,25,26,27,32). The van der Waals surface area contributed by atoms with Crippen LogP contribution in [0.3, 0.4) is 0 Å². The Bertz CT molecular complexity index is 1210. The van der Waals surface area contributed by atoms with Crippen molar-refractivity contribution in [2.24, 2.45) is 10.2 Å². The Morgan fingerprint density at radius 2 is 1.74 bits per heavy atom. The summed E-state index contributed by atoms with van der Waals surface area (Å²) in [5.74, 6) is -0.245. The molecule has 1 amide bonds. The van der Waals surface area contributed by atoms with E-state index in [1.807, 2.05) is 26.0 Å². The molecule has 0 saturated carbocycles. The maximum atomic E-state index is 11.4. The highest BCUT2D eigenvalue weighted by molar-refractivity contribution is 6.28. The number of hydrogen-bond donors (Lipinski definition) is 2. The number of aromatic nitrogens is 3. The first-order valence-electron chi connectivity index (χ1n) is 10.3. The molecule has 1 aromatic heterocycles. The topological polar surface area (TPSA) is 151 Å². The van der Waals surface area contributed by atoms with Crippen molar-refractivity contribution in [1.29, 1.82) is 0 Å². The molecule has 0 atom stereocenters. The molecular formula is C21H22ClN9O3. The second kappa shape index (κ2) is 11.1. The van der Waals surface area contributed by atoms with E-state index >= 15 is 0 Å². The molecule has 12 nitrogen and oxygen atoms in total. The van der Waals surface area contributed by atoms with Gasteiger partial charge in [0.15, 0.2) is 0 Å². The predicted octanol–water partition coefficient (Wildman–Crippen LogP) is 5.40. The van der Waals surface area contributed by atoms with E-state index in [0.717, 1.165) is 18.8 Å². The minimum absolute atomic E-state index is 0.00366. The van der Waals surface area contributed by atoms with Crippen molar-refractivity contribution in [3.05, 3.63) is 57.9 Å². The lowest BCUT2D eigenvalue weighted by molar-refractivity contribution is -0.384. The van der Waals surface area contributed by atoms with Crippen LogP contribution in [0.4, 0.5) is 40.3 Å². The van der Waals surface area contributed by atoms with Crippen molar-refractivity contribution in [1.82, 2.24) is 15.0 Å². The van der Waals surface area contributed by atoms with E-state index in [0.29, 0.717) is 17.1 Å². The smallest absolute Gasteiger partial charge is 0.269 e. The van der Waals surface area contributed by atoms with Gasteiger partial charge >= 0.3 is 0 Å². The molecule has 0 aliphatic rings. The van der Waals surface area contributed by atoms with Gasteiger partial charge in [-0.25, -0.2) is 0 Å². The lowest BCUT2D eigenvalue weighted by Crippen LogP contribution is -2.21. The van der Waals surface area contributed by atoms with Crippen LogP contribution in [0.2, 0.25) is 5.28 Å². The largest absolute Gasteiger partial charge is 0.372 e. The van der Waals surface area contributed by atoms with Gasteiger partial charge in [0.2, 0.25) is 23.1 Å². The second-order valence-corrected chi connectivity index (χ2v) is 7.24. The van der Waals surface area contributed by atoms with E-state index < -0.39 is 4.92 Å². The van der Waals surface area contributed by atoms with Crippen LogP contribution in [0.5, 0.6) is 0 Å². The molecule has 176 valence electrons. The first kappa shape index (κ1) is 24.5. The summed E-state index contributed by atoms with van der Waals surface area (Å²) >= 11 is 5.99. The lowest BCUT2D eigenvalue weighted by atomic mass is 10.2. The molecule has 0 radical (unpaired) electrons. The molecule has 2 aromatic carbocycles. The van der Waals surface area contributed by atoms with Gasteiger partial charge in [0, 0.05) is 37.8 Å². The zero-order valence-electron chi connectivity index (χ0n) is 18.7. The molecule has 2 N–H and O–H groups in total. The summed E-state index contributed by atoms with van der Waals surface area (Å²) in [7, 11) is 0. The Kier molecular flexibility index (Phi) is 7.98. The van der Waals surface area contributed by atoms with Gasteiger partial charge in [0.05, 0.1) is 16.3 Å². The van der Waals surface area contributed by atoms with Crippen molar-refractivity contribution < 1.29 is 9.72 Å². The number of nitrogens with zero attached hydrogens (tertiary/aromatic N) is 7. The van der Waals surface area contributed by atoms with Crippen LogP contribution < -0.4 is 15.5 Å². The van der Waals surface area contributed by atoms with E-state index in [1.165, 1.54) is 31.2 Å². The van der Waals surface area contributed by atoms with Crippen LogP contribution in [0.25, 0.3) is 0 Å². The Labute approximate surface area is 200 Å². The van der Waals surface area contributed by atoms with Crippen LogP contribution in [-0.4, -0.2) is 38.9 Å². The Morgan fingerprint density at radius 1 is 1.06 bits per heavy atom. The molecule has 0 saturated heterocycles. The molecule has 3 rings (SSSR count). The average Bonchev–Trinajstić information content (AvgIpc) is 2.78. The number of amides is 1. The molecule has 13 heteroatoms. The zero-order valence-corrected chi connectivity index (χ0v) is 19.4. The van der Waals surface area contributed by atoms with Crippen LogP contribution in [0.1, 0.15) is 20.8 Å². The van der Waals surface area contributed by atoms with Gasteiger partial charge in [-0.2, -0.15) is 20.1 Å². The highest BCUT2D eigenvalue weighted by Crippen LogP contribution is 2.33.